The van der Waals surface area contributed by atoms with Crippen LogP contribution in [0, 0.1) is 25.2 Å². The fraction of sp³-hybridized carbons (Fsp3) is 0.294. The molecule has 0 fully saturated rings. The van der Waals surface area contributed by atoms with Crippen LogP contribution in [0.2, 0.25) is 0 Å². The Labute approximate surface area is 144 Å². The Morgan fingerprint density at radius 3 is 2.58 bits per heavy atom. The number of nitriles is 1. The lowest BCUT2D eigenvalue weighted by atomic mass is 10.2. The third-order valence-corrected chi connectivity index (χ3v) is 4.28. The van der Waals surface area contributed by atoms with E-state index < -0.39 is 5.97 Å². The summed E-state index contributed by atoms with van der Waals surface area (Å²) >= 11 is 1.24. The van der Waals surface area contributed by atoms with Crippen LogP contribution in [0.1, 0.15) is 26.8 Å². The highest BCUT2D eigenvalue weighted by Crippen LogP contribution is 2.19. The van der Waals surface area contributed by atoms with E-state index >= 15 is 0 Å². The number of hydrogen-bond donors (Lipinski definition) is 0. The first-order valence-electron chi connectivity index (χ1n) is 7.36. The number of carbonyl (C=O) groups is 2. The Morgan fingerprint density at radius 1 is 1.29 bits per heavy atom. The van der Waals surface area contributed by atoms with Crippen LogP contribution in [0.15, 0.2) is 30.3 Å². The van der Waals surface area contributed by atoms with E-state index in [9.17, 15) is 9.59 Å². The summed E-state index contributed by atoms with van der Waals surface area (Å²) < 4.78 is 5.12. The number of hydrogen-bond acceptors (Lipinski definition) is 6. The minimum absolute atomic E-state index is 0.196. The molecule has 0 atom stereocenters. The van der Waals surface area contributed by atoms with Gasteiger partial charge in [0.15, 0.2) is 6.61 Å². The molecule has 0 N–H and O–H groups in total. The minimum atomic E-state index is -0.556. The van der Waals surface area contributed by atoms with Gasteiger partial charge in [0, 0.05) is 12.2 Å². The summed E-state index contributed by atoms with van der Waals surface area (Å²) in [7, 11) is 0. The van der Waals surface area contributed by atoms with Crippen LogP contribution in [0.25, 0.3) is 0 Å². The van der Waals surface area contributed by atoms with E-state index in [0.29, 0.717) is 16.3 Å². The molecular weight excluding hydrogens is 326 g/mol. The van der Waals surface area contributed by atoms with Crippen molar-refractivity contribution in [3.05, 3.63) is 45.9 Å². The molecule has 6 nitrogen and oxygen atoms in total. The Bertz CT molecular complexity index is 765. The third kappa shape index (κ3) is 4.40. The molecule has 0 bridgehead atoms. The van der Waals surface area contributed by atoms with E-state index in [-0.39, 0.29) is 25.5 Å². The molecule has 2 rings (SSSR count). The number of nitrogens with zero attached hydrogens (tertiary/aromatic N) is 3. The number of esters is 1. The second kappa shape index (κ2) is 8.22. The van der Waals surface area contributed by atoms with Crippen molar-refractivity contribution in [2.24, 2.45) is 0 Å². The largest absolute Gasteiger partial charge is 0.451 e. The van der Waals surface area contributed by atoms with Gasteiger partial charge < -0.3 is 9.64 Å². The molecule has 0 unspecified atom stereocenters. The summed E-state index contributed by atoms with van der Waals surface area (Å²) in [5.74, 6) is -0.927. The molecule has 0 saturated carbocycles. The van der Waals surface area contributed by atoms with E-state index in [4.69, 9.17) is 10.00 Å². The maximum Gasteiger partial charge on any atom is 0.350 e. The molecule has 0 aliphatic carbocycles. The van der Waals surface area contributed by atoms with Gasteiger partial charge in [-0.2, -0.15) is 5.26 Å². The predicted molar refractivity (Wildman–Crippen MR) is 90.9 cm³/mol. The molecule has 0 aliphatic heterocycles. The van der Waals surface area contributed by atoms with E-state index in [1.165, 1.54) is 16.2 Å². The summed E-state index contributed by atoms with van der Waals surface area (Å²) in [6.07, 6.45) is 0.196. The molecule has 1 aromatic heterocycles. The Kier molecular flexibility index (Phi) is 6.04. The van der Waals surface area contributed by atoms with Crippen LogP contribution < -0.4 is 4.90 Å². The predicted octanol–water partition coefficient (Wildman–Crippen LogP) is 2.86. The van der Waals surface area contributed by atoms with Gasteiger partial charge in [-0.25, -0.2) is 9.78 Å². The standard InChI is InChI=1S/C17H17N3O3S/c1-12-16(24-13(2)19-12)17(22)23-11-15(21)20(10-6-9-18)14-7-4-3-5-8-14/h3-5,7-8H,6,10-11H2,1-2H3. The van der Waals surface area contributed by atoms with Gasteiger partial charge >= 0.3 is 5.97 Å². The van der Waals surface area contributed by atoms with Crippen molar-refractivity contribution in [3.8, 4) is 6.07 Å². The molecule has 2 aromatic rings. The monoisotopic (exact) mass is 343 g/mol. The van der Waals surface area contributed by atoms with E-state index in [0.717, 1.165) is 5.01 Å². The van der Waals surface area contributed by atoms with Crippen molar-refractivity contribution < 1.29 is 14.3 Å². The van der Waals surface area contributed by atoms with E-state index in [1.54, 1.807) is 38.1 Å². The van der Waals surface area contributed by atoms with Gasteiger partial charge in [0.05, 0.1) is 23.2 Å². The lowest BCUT2D eigenvalue weighted by Gasteiger charge is -2.21. The van der Waals surface area contributed by atoms with Crippen molar-refractivity contribution in [3.63, 3.8) is 0 Å². The normalized spacial score (nSPS) is 10.0. The molecule has 124 valence electrons. The first-order valence-corrected chi connectivity index (χ1v) is 8.18. The van der Waals surface area contributed by atoms with Gasteiger partial charge in [0.1, 0.15) is 4.88 Å². The van der Waals surface area contributed by atoms with Crippen LogP contribution in [0.4, 0.5) is 5.69 Å². The number of ether oxygens (including phenoxy) is 1. The van der Waals surface area contributed by atoms with Crippen LogP contribution in [-0.4, -0.2) is 30.0 Å². The molecule has 1 heterocycles. The Morgan fingerprint density at radius 2 is 2.00 bits per heavy atom. The van der Waals surface area contributed by atoms with E-state index in [1.807, 2.05) is 12.1 Å². The highest BCUT2D eigenvalue weighted by Gasteiger charge is 2.20. The first kappa shape index (κ1) is 17.6. The molecule has 7 heteroatoms. The topological polar surface area (TPSA) is 83.3 Å². The van der Waals surface area contributed by atoms with Crippen molar-refractivity contribution in [2.45, 2.75) is 20.3 Å². The summed E-state index contributed by atoms with van der Waals surface area (Å²) in [5.41, 5.74) is 1.26. The fourth-order valence-corrected chi connectivity index (χ4v) is 2.97. The Balaban J connectivity index is 2.04. The van der Waals surface area contributed by atoms with Gasteiger partial charge in [-0.05, 0) is 26.0 Å². The second-order valence-electron chi connectivity index (χ2n) is 5.01. The maximum absolute atomic E-state index is 12.4. The number of carbonyl (C=O) groups excluding carboxylic acids is 2. The van der Waals surface area contributed by atoms with Crippen LogP contribution in [0.3, 0.4) is 0 Å². The second-order valence-corrected chi connectivity index (χ2v) is 6.22. The lowest BCUT2D eigenvalue weighted by Crippen LogP contribution is -2.35. The van der Waals surface area contributed by atoms with Crippen molar-refractivity contribution in [2.75, 3.05) is 18.1 Å². The number of aryl methyl sites for hydroxylation is 2. The van der Waals surface area contributed by atoms with Gasteiger partial charge in [0.25, 0.3) is 5.91 Å². The lowest BCUT2D eigenvalue weighted by molar-refractivity contribution is -0.121. The number of rotatable bonds is 6. The van der Waals surface area contributed by atoms with Crippen molar-refractivity contribution in [1.29, 1.82) is 5.26 Å². The van der Waals surface area contributed by atoms with E-state index in [2.05, 4.69) is 4.98 Å². The SMILES string of the molecule is Cc1nc(C)c(C(=O)OCC(=O)N(CCC#N)c2ccccc2)s1. The minimum Gasteiger partial charge on any atom is -0.451 e. The summed E-state index contributed by atoms with van der Waals surface area (Å²) in [6, 6.07) is 11.0. The summed E-state index contributed by atoms with van der Waals surface area (Å²) in [4.78, 5) is 30.5. The quantitative estimate of drug-likeness (QED) is 0.753. The average Bonchev–Trinajstić information content (AvgIpc) is 2.92. The molecule has 1 amide bonds. The molecular formula is C17H17N3O3S. The maximum atomic E-state index is 12.4. The molecule has 1 aromatic carbocycles. The van der Waals surface area contributed by atoms with Crippen LogP contribution in [-0.2, 0) is 9.53 Å². The van der Waals surface area contributed by atoms with Gasteiger partial charge in [-0.3, -0.25) is 4.79 Å². The molecule has 24 heavy (non-hydrogen) atoms. The number of aromatic nitrogens is 1. The smallest absolute Gasteiger partial charge is 0.350 e. The Hall–Kier alpha value is -2.72. The van der Waals surface area contributed by atoms with Crippen LogP contribution in [0.5, 0.6) is 0 Å². The molecule has 0 aliphatic rings. The molecule has 0 saturated heterocycles. The fourth-order valence-electron chi connectivity index (χ4n) is 2.16. The third-order valence-electron chi connectivity index (χ3n) is 3.23. The highest BCUT2D eigenvalue weighted by atomic mass is 32.1. The zero-order valence-electron chi connectivity index (χ0n) is 13.5. The number of thiazole rings is 1. The first-order chi connectivity index (χ1) is 11.5. The summed E-state index contributed by atoms with van der Waals surface area (Å²) in [5, 5.41) is 9.53. The summed E-state index contributed by atoms with van der Waals surface area (Å²) in [6.45, 7) is 3.40. The zero-order chi connectivity index (χ0) is 17.5. The van der Waals surface area contributed by atoms with Gasteiger partial charge in [0.2, 0.25) is 0 Å². The average molecular weight is 343 g/mol. The zero-order valence-corrected chi connectivity index (χ0v) is 14.3. The number of para-hydroxylation sites is 1. The molecule has 0 radical (unpaired) electrons. The van der Waals surface area contributed by atoms with Gasteiger partial charge in [-0.15, -0.1) is 11.3 Å². The van der Waals surface area contributed by atoms with Crippen molar-refractivity contribution in [1.82, 2.24) is 4.98 Å². The number of benzene rings is 1. The number of amides is 1. The number of anilines is 1. The van der Waals surface area contributed by atoms with Gasteiger partial charge in [-0.1, -0.05) is 18.2 Å². The van der Waals surface area contributed by atoms with Crippen LogP contribution >= 0.6 is 11.3 Å². The van der Waals surface area contributed by atoms with Crippen molar-refractivity contribution >= 4 is 28.9 Å². The molecule has 0 spiro atoms. The highest BCUT2D eigenvalue weighted by molar-refractivity contribution is 7.13.